The first-order chi connectivity index (χ1) is 24.1. The molecule has 2 heterocycles. The van der Waals surface area contributed by atoms with Gasteiger partial charge in [-0.05, 0) is 88.6 Å². The van der Waals surface area contributed by atoms with Gasteiger partial charge in [-0.2, -0.15) is 18.2 Å². The summed E-state index contributed by atoms with van der Waals surface area (Å²) in [5.41, 5.74) is -2.26. The third-order valence-electron chi connectivity index (χ3n) is 9.14. The molecule has 0 radical (unpaired) electrons. The highest BCUT2D eigenvalue weighted by Gasteiger charge is 2.41. The largest absolute Gasteiger partial charge is 0.466 e. The van der Waals surface area contributed by atoms with Crippen molar-refractivity contribution < 1.29 is 40.7 Å². The molecule has 0 unspecified atom stereocenters. The van der Waals surface area contributed by atoms with Crippen molar-refractivity contribution in [2.24, 2.45) is 5.92 Å². The van der Waals surface area contributed by atoms with E-state index >= 15 is 8.78 Å². The number of amides is 1. The Hall–Kier alpha value is -4.20. The molecular formula is C38H46F6N4O4. The van der Waals surface area contributed by atoms with E-state index in [4.69, 9.17) is 4.74 Å². The number of halogens is 6. The van der Waals surface area contributed by atoms with Crippen LogP contribution in [0, 0.1) is 45.2 Å². The van der Waals surface area contributed by atoms with Gasteiger partial charge in [0.15, 0.2) is 5.69 Å². The first kappa shape index (κ1) is 40.6. The monoisotopic (exact) mass is 736 g/mol. The first-order valence-electron chi connectivity index (χ1n) is 17.3. The van der Waals surface area contributed by atoms with Gasteiger partial charge in [0.1, 0.15) is 23.3 Å². The van der Waals surface area contributed by atoms with Crippen LogP contribution < -0.4 is 11.0 Å². The van der Waals surface area contributed by atoms with Crippen LogP contribution in [0.5, 0.6) is 0 Å². The van der Waals surface area contributed by atoms with Crippen LogP contribution in [-0.4, -0.2) is 58.2 Å². The molecule has 1 saturated heterocycles. The zero-order valence-corrected chi connectivity index (χ0v) is 30.7. The summed E-state index contributed by atoms with van der Waals surface area (Å²) < 4.78 is 94.9. The minimum Gasteiger partial charge on any atom is -0.466 e. The summed E-state index contributed by atoms with van der Waals surface area (Å²) in [5.74, 6) is -4.17. The van der Waals surface area contributed by atoms with E-state index in [9.17, 15) is 31.9 Å². The second-order valence-corrected chi connectivity index (χ2v) is 14.4. The molecule has 52 heavy (non-hydrogen) atoms. The quantitative estimate of drug-likeness (QED) is 0.145. The number of carbonyl (C=O) groups is 2. The molecule has 0 saturated carbocycles. The summed E-state index contributed by atoms with van der Waals surface area (Å²) in [4.78, 5) is 45.2. The summed E-state index contributed by atoms with van der Waals surface area (Å²) >= 11 is 0. The fourth-order valence-corrected chi connectivity index (χ4v) is 7.05. The standard InChI is InChI=1S/C38H46F6N4O4/c1-9-52-29(49)16-27(31-32(39)24(7)15-26(33(31)40)30-22(5)13-21(4)14-23(30)6)45-35(50)28(12-20(2)3)48-17-25(10-11-47-18-37(8,41)19-47)34(38(42,43)44)46-36(48)51/h13-15,17,20,27-28H,9-12,16,18-19H2,1-8H3,(H,45,50)/t27-,28-/m0/s1. The number of aromatic nitrogens is 2. The highest BCUT2D eigenvalue weighted by atomic mass is 19.4. The van der Waals surface area contributed by atoms with Gasteiger partial charge in [-0.15, -0.1) is 0 Å². The maximum atomic E-state index is 16.7. The number of benzene rings is 2. The van der Waals surface area contributed by atoms with Crippen LogP contribution in [0.4, 0.5) is 26.3 Å². The van der Waals surface area contributed by atoms with Crippen LogP contribution in [0.2, 0.25) is 0 Å². The Bertz CT molecular complexity index is 1860. The van der Waals surface area contributed by atoms with E-state index in [0.29, 0.717) is 16.7 Å². The van der Waals surface area contributed by atoms with Crippen molar-refractivity contribution in [2.75, 3.05) is 26.2 Å². The molecule has 8 nitrogen and oxygen atoms in total. The normalized spacial score (nSPS) is 15.7. The summed E-state index contributed by atoms with van der Waals surface area (Å²) in [6.07, 6.45) is -5.09. The Balaban J connectivity index is 1.82. The number of hydrogen-bond acceptors (Lipinski definition) is 6. The molecular weight excluding hydrogens is 690 g/mol. The number of rotatable bonds is 13. The number of carbonyl (C=O) groups excluding carboxylic acids is 2. The third kappa shape index (κ3) is 9.23. The Labute approximate surface area is 299 Å². The van der Waals surface area contributed by atoms with Crippen molar-refractivity contribution in [3.63, 3.8) is 0 Å². The van der Waals surface area contributed by atoms with Crippen LogP contribution in [0.1, 0.15) is 91.7 Å². The predicted molar refractivity (Wildman–Crippen MR) is 185 cm³/mol. The molecule has 1 N–H and O–H groups in total. The molecule has 1 aliphatic rings. The van der Waals surface area contributed by atoms with E-state index < -0.39 is 70.8 Å². The lowest BCUT2D eigenvalue weighted by Gasteiger charge is -2.42. The average Bonchev–Trinajstić information content (AvgIpc) is 2.99. The molecule has 3 aromatic rings. The second kappa shape index (κ2) is 15.8. The summed E-state index contributed by atoms with van der Waals surface area (Å²) in [7, 11) is 0. The van der Waals surface area contributed by atoms with E-state index in [2.05, 4.69) is 10.3 Å². The minimum absolute atomic E-state index is 0.0263. The molecule has 1 aliphatic heterocycles. The van der Waals surface area contributed by atoms with Crippen molar-refractivity contribution in [3.8, 4) is 11.1 Å². The van der Waals surface area contributed by atoms with E-state index in [0.717, 1.165) is 16.3 Å². The van der Waals surface area contributed by atoms with Crippen LogP contribution in [0.15, 0.2) is 29.2 Å². The van der Waals surface area contributed by atoms with E-state index in [1.165, 1.54) is 19.9 Å². The van der Waals surface area contributed by atoms with Gasteiger partial charge in [0.05, 0.1) is 19.1 Å². The SMILES string of the molecule is CCOC(=O)C[C@H](NC(=O)[C@H](CC(C)C)n1cc(CCN2CC(C)(F)C2)c(C(F)(F)F)nc1=O)c1c(F)c(C)cc(-c2c(C)cc(C)cc2C)c1F. The topological polar surface area (TPSA) is 93.5 Å². The zero-order chi connectivity index (χ0) is 38.9. The van der Waals surface area contributed by atoms with Crippen molar-refractivity contribution in [1.82, 2.24) is 19.8 Å². The Kier molecular flexibility index (Phi) is 12.3. The van der Waals surface area contributed by atoms with Gasteiger partial charge in [-0.25, -0.2) is 18.0 Å². The van der Waals surface area contributed by atoms with Crippen molar-refractivity contribution >= 4 is 11.9 Å². The smallest absolute Gasteiger partial charge is 0.433 e. The molecule has 2 aromatic carbocycles. The molecule has 4 rings (SSSR count). The van der Waals surface area contributed by atoms with Gasteiger partial charge in [-0.3, -0.25) is 19.1 Å². The van der Waals surface area contributed by atoms with Gasteiger partial charge in [-0.1, -0.05) is 31.5 Å². The van der Waals surface area contributed by atoms with Crippen LogP contribution >= 0.6 is 0 Å². The predicted octanol–water partition coefficient (Wildman–Crippen LogP) is 7.43. The van der Waals surface area contributed by atoms with Gasteiger partial charge in [0.25, 0.3) is 0 Å². The molecule has 0 bridgehead atoms. The van der Waals surface area contributed by atoms with Gasteiger partial charge < -0.3 is 10.1 Å². The molecule has 1 aromatic heterocycles. The lowest BCUT2D eigenvalue weighted by atomic mass is 9.88. The maximum Gasteiger partial charge on any atom is 0.433 e. The first-order valence-corrected chi connectivity index (χ1v) is 17.3. The lowest BCUT2D eigenvalue weighted by molar-refractivity contribution is -0.144. The van der Waals surface area contributed by atoms with Gasteiger partial charge in [0.2, 0.25) is 5.91 Å². The Morgan fingerprint density at radius 1 is 1.02 bits per heavy atom. The number of nitrogens with one attached hydrogen (secondary N) is 1. The Morgan fingerprint density at radius 3 is 2.17 bits per heavy atom. The number of nitrogens with zero attached hydrogens (tertiary/aromatic N) is 3. The summed E-state index contributed by atoms with van der Waals surface area (Å²) in [6, 6.07) is 1.93. The van der Waals surface area contributed by atoms with E-state index in [1.807, 2.05) is 19.1 Å². The van der Waals surface area contributed by atoms with Crippen LogP contribution in [0.3, 0.4) is 0 Å². The highest BCUT2D eigenvalue weighted by Crippen LogP contribution is 2.38. The lowest BCUT2D eigenvalue weighted by Crippen LogP contribution is -2.57. The molecule has 0 aliphatic carbocycles. The van der Waals surface area contributed by atoms with Gasteiger partial charge in [0, 0.05) is 42.5 Å². The number of aryl methyl sites for hydroxylation is 4. The Morgan fingerprint density at radius 2 is 1.63 bits per heavy atom. The number of likely N-dealkylation sites (tertiary alicyclic amines) is 1. The maximum absolute atomic E-state index is 16.7. The van der Waals surface area contributed by atoms with Gasteiger partial charge >= 0.3 is 17.8 Å². The molecule has 1 amide bonds. The van der Waals surface area contributed by atoms with Crippen molar-refractivity contribution in [1.29, 1.82) is 0 Å². The highest BCUT2D eigenvalue weighted by molar-refractivity contribution is 5.82. The molecule has 2 atom stereocenters. The van der Waals surface area contributed by atoms with E-state index in [1.54, 1.807) is 39.5 Å². The average molecular weight is 737 g/mol. The van der Waals surface area contributed by atoms with Crippen LogP contribution in [-0.2, 0) is 26.9 Å². The molecule has 284 valence electrons. The molecule has 14 heteroatoms. The molecule has 0 spiro atoms. The fourth-order valence-electron chi connectivity index (χ4n) is 7.05. The fraction of sp³-hybridized carbons (Fsp3) is 0.526. The van der Waals surface area contributed by atoms with Crippen molar-refractivity contribution in [3.05, 3.63) is 85.6 Å². The van der Waals surface area contributed by atoms with Crippen LogP contribution in [0.25, 0.3) is 11.1 Å². The minimum atomic E-state index is -5.00. The number of ether oxygens (including phenoxy) is 1. The molecule has 1 fully saturated rings. The summed E-state index contributed by atoms with van der Waals surface area (Å²) in [6.45, 7) is 13.3. The zero-order valence-electron chi connectivity index (χ0n) is 30.7. The second-order valence-electron chi connectivity index (χ2n) is 14.4. The van der Waals surface area contributed by atoms with Crippen molar-refractivity contribution in [2.45, 2.75) is 98.6 Å². The van der Waals surface area contributed by atoms with E-state index in [-0.39, 0.29) is 61.7 Å². The summed E-state index contributed by atoms with van der Waals surface area (Å²) in [5, 5.41) is 2.54. The third-order valence-corrected chi connectivity index (χ3v) is 9.14. The number of alkyl halides is 4. The number of hydrogen-bond donors (Lipinski definition) is 1. The number of esters is 1.